The molecule has 1 heterocycles. The van der Waals surface area contributed by atoms with Crippen LogP contribution in [0.5, 0.6) is 11.5 Å². The maximum atomic E-state index is 10.2. The molecule has 1 N–H and O–H groups in total. The monoisotopic (exact) mass is 268 g/mol. The molecule has 1 fully saturated rings. The van der Waals surface area contributed by atoms with Crippen molar-refractivity contribution in [3.63, 3.8) is 0 Å². The molecule has 1 aromatic rings. The van der Waals surface area contributed by atoms with Gasteiger partial charge >= 0.3 is 0 Å². The third kappa shape index (κ3) is 0.962. The number of hydrogen-bond donors (Lipinski definition) is 1. The molecule has 20 heavy (non-hydrogen) atoms. The van der Waals surface area contributed by atoms with Crippen molar-refractivity contribution in [3.05, 3.63) is 35.4 Å². The van der Waals surface area contributed by atoms with Crippen LogP contribution in [0.4, 0.5) is 0 Å². The lowest BCUT2D eigenvalue weighted by atomic mass is 9.42. The number of phenols is 1. The molecular formula is C18H20O2. The Morgan fingerprint density at radius 2 is 2.25 bits per heavy atom. The normalized spacial score (nSPS) is 43.0. The van der Waals surface area contributed by atoms with Gasteiger partial charge in [0.25, 0.3) is 0 Å². The van der Waals surface area contributed by atoms with Gasteiger partial charge < -0.3 is 9.84 Å². The third-order valence-corrected chi connectivity index (χ3v) is 6.76. The van der Waals surface area contributed by atoms with Crippen LogP contribution in [0.15, 0.2) is 24.3 Å². The minimum Gasteiger partial charge on any atom is -0.504 e. The standard InChI is InChI=1S/C18H20O2/c1-17-8-3-5-14-18(17)9-2-4-12(17)10-11-6-7-13(19)16(20-14)15(11)18/h3,5-7,12,14,19H,2,4,8-10H2,1H3/t12-,14+,17+,18?/m1/s1. The van der Waals surface area contributed by atoms with Crippen molar-refractivity contribution in [1.29, 1.82) is 0 Å². The molecule has 2 heteroatoms. The highest BCUT2D eigenvalue weighted by Crippen LogP contribution is 2.69. The first-order valence-corrected chi connectivity index (χ1v) is 7.85. The van der Waals surface area contributed by atoms with E-state index in [2.05, 4.69) is 25.1 Å². The van der Waals surface area contributed by atoms with Gasteiger partial charge in [0, 0.05) is 11.0 Å². The number of allylic oxidation sites excluding steroid dienone is 1. The molecule has 3 aliphatic carbocycles. The molecule has 0 saturated heterocycles. The van der Waals surface area contributed by atoms with Crippen LogP contribution >= 0.6 is 0 Å². The van der Waals surface area contributed by atoms with E-state index in [1.807, 2.05) is 6.07 Å². The van der Waals surface area contributed by atoms with Crippen LogP contribution in [-0.4, -0.2) is 11.2 Å². The first-order valence-electron chi connectivity index (χ1n) is 7.85. The summed E-state index contributed by atoms with van der Waals surface area (Å²) in [5.74, 6) is 1.87. The fourth-order valence-electron chi connectivity index (χ4n) is 5.82. The molecule has 0 amide bonds. The van der Waals surface area contributed by atoms with E-state index in [9.17, 15) is 5.11 Å². The van der Waals surface area contributed by atoms with Crippen molar-refractivity contribution < 1.29 is 9.84 Å². The summed E-state index contributed by atoms with van der Waals surface area (Å²) in [6, 6.07) is 3.96. The summed E-state index contributed by atoms with van der Waals surface area (Å²) >= 11 is 0. The van der Waals surface area contributed by atoms with E-state index in [1.165, 1.54) is 30.4 Å². The van der Waals surface area contributed by atoms with Crippen LogP contribution in [0.25, 0.3) is 0 Å². The van der Waals surface area contributed by atoms with Crippen molar-refractivity contribution in [1.82, 2.24) is 0 Å². The van der Waals surface area contributed by atoms with Gasteiger partial charge in [0.2, 0.25) is 0 Å². The van der Waals surface area contributed by atoms with Crippen molar-refractivity contribution in [3.8, 4) is 11.5 Å². The van der Waals surface area contributed by atoms with Gasteiger partial charge in [-0.15, -0.1) is 0 Å². The topological polar surface area (TPSA) is 29.5 Å². The Morgan fingerprint density at radius 3 is 3.15 bits per heavy atom. The largest absolute Gasteiger partial charge is 0.504 e. The summed E-state index contributed by atoms with van der Waals surface area (Å²) in [5.41, 5.74) is 3.20. The van der Waals surface area contributed by atoms with Crippen molar-refractivity contribution in [2.45, 2.75) is 50.5 Å². The predicted molar refractivity (Wildman–Crippen MR) is 77.1 cm³/mol. The van der Waals surface area contributed by atoms with Gasteiger partial charge in [-0.1, -0.05) is 25.5 Å². The van der Waals surface area contributed by atoms with Crippen LogP contribution in [0.2, 0.25) is 0 Å². The molecule has 5 rings (SSSR count). The van der Waals surface area contributed by atoms with E-state index < -0.39 is 0 Å². The summed E-state index contributed by atoms with van der Waals surface area (Å²) < 4.78 is 6.24. The third-order valence-electron chi connectivity index (χ3n) is 6.76. The summed E-state index contributed by atoms with van der Waals surface area (Å²) in [7, 11) is 0. The Balaban J connectivity index is 1.91. The molecule has 104 valence electrons. The lowest BCUT2D eigenvalue weighted by Crippen LogP contribution is -2.60. The van der Waals surface area contributed by atoms with Gasteiger partial charge in [-0.05, 0) is 54.7 Å². The van der Waals surface area contributed by atoms with E-state index in [1.54, 1.807) is 0 Å². The Morgan fingerprint density at radius 1 is 1.35 bits per heavy atom. The van der Waals surface area contributed by atoms with Gasteiger partial charge in [0.1, 0.15) is 6.10 Å². The van der Waals surface area contributed by atoms with Crippen molar-refractivity contribution in [2.24, 2.45) is 11.3 Å². The van der Waals surface area contributed by atoms with Gasteiger partial charge in [0.15, 0.2) is 11.5 Å². The lowest BCUT2D eigenvalue weighted by molar-refractivity contribution is -0.0423. The summed E-state index contributed by atoms with van der Waals surface area (Å²) in [5, 5.41) is 10.2. The zero-order valence-electron chi connectivity index (χ0n) is 11.9. The van der Waals surface area contributed by atoms with E-state index in [0.717, 1.165) is 24.5 Å². The molecule has 1 spiro atoms. The molecule has 4 aliphatic rings. The second-order valence-electron chi connectivity index (χ2n) is 7.30. The number of hydrogen-bond acceptors (Lipinski definition) is 2. The van der Waals surface area contributed by atoms with Crippen LogP contribution in [0.3, 0.4) is 0 Å². The zero-order valence-corrected chi connectivity index (χ0v) is 11.9. The number of aromatic hydroxyl groups is 1. The quantitative estimate of drug-likeness (QED) is 0.727. The molecule has 1 aliphatic heterocycles. The Hall–Kier alpha value is -1.44. The summed E-state index contributed by atoms with van der Waals surface area (Å²) in [6.45, 7) is 2.47. The number of rotatable bonds is 0. The van der Waals surface area contributed by atoms with Crippen molar-refractivity contribution >= 4 is 0 Å². The maximum absolute atomic E-state index is 10.2. The molecule has 1 aromatic carbocycles. The van der Waals surface area contributed by atoms with E-state index in [4.69, 9.17) is 4.74 Å². The Kier molecular flexibility index (Phi) is 1.82. The smallest absolute Gasteiger partial charge is 0.166 e. The van der Waals surface area contributed by atoms with Gasteiger partial charge in [-0.2, -0.15) is 0 Å². The fraction of sp³-hybridized carbons (Fsp3) is 0.556. The van der Waals surface area contributed by atoms with E-state index in [-0.39, 0.29) is 11.5 Å². The summed E-state index contributed by atoms with van der Waals surface area (Å²) in [6.07, 6.45) is 10.9. The van der Waals surface area contributed by atoms with Crippen LogP contribution < -0.4 is 4.74 Å². The highest BCUT2D eigenvalue weighted by atomic mass is 16.5. The molecule has 2 nitrogen and oxygen atoms in total. The van der Waals surface area contributed by atoms with Crippen molar-refractivity contribution in [2.75, 3.05) is 0 Å². The average molecular weight is 268 g/mol. The molecule has 1 saturated carbocycles. The molecular weight excluding hydrogens is 248 g/mol. The minimum absolute atomic E-state index is 0.117. The van der Waals surface area contributed by atoms with Crippen LogP contribution in [-0.2, 0) is 11.8 Å². The van der Waals surface area contributed by atoms with Crippen LogP contribution in [0.1, 0.15) is 43.7 Å². The number of ether oxygens (including phenoxy) is 1. The lowest BCUT2D eigenvalue weighted by Gasteiger charge is -2.60. The van der Waals surface area contributed by atoms with Gasteiger partial charge in [-0.3, -0.25) is 0 Å². The Labute approximate surface area is 119 Å². The second-order valence-corrected chi connectivity index (χ2v) is 7.30. The number of benzene rings is 1. The van der Waals surface area contributed by atoms with Crippen LogP contribution in [0, 0.1) is 11.3 Å². The predicted octanol–water partition coefficient (Wildman–Crippen LogP) is 3.71. The SMILES string of the molecule is C[C@@]12CC=C[C@@H]3Oc4c(O)ccc5c4C31CCC[C@@H]2C5. The highest BCUT2D eigenvalue weighted by molar-refractivity contribution is 5.61. The minimum atomic E-state index is 0.117. The molecule has 1 unspecified atom stereocenters. The zero-order chi connectivity index (χ0) is 13.5. The number of phenolic OH excluding ortho intramolecular Hbond substituents is 1. The molecule has 0 radical (unpaired) electrons. The molecule has 2 bridgehead atoms. The molecule has 4 atom stereocenters. The van der Waals surface area contributed by atoms with Gasteiger partial charge in [-0.25, -0.2) is 0 Å². The highest BCUT2D eigenvalue weighted by Gasteiger charge is 2.66. The second kappa shape index (κ2) is 3.24. The van der Waals surface area contributed by atoms with Gasteiger partial charge in [0.05, 0.1) is 0 Å². The first-order chi connectivity index (χ1) is 9.67. The fourth-order valence-corrected chi connectivity index (χ4v) is 5.82. The Bertz CT molecular complexity index is 647. The average Bonchev–Trinajstić information content (AvgIpc) is 2.75. The summed E-state index contributed by atoms with van der Waals surface area (Å²) in [4.78, 5) is 0. The molecule has 0 aromatic heterocycles. The van der Waals surface area contributed by atoms with E-state index >= 15 is 0 Å². The van der Waals surface area contributed by atoms with E-state index in [0.29, 0.717) is 11.2 Å². The first kappa shape index (κ1) is 11.2. The maximum Gasteiger partial charge on any atom is 0.166 e.